The van der Waals surface area contributed by atoms with Crippen molar-refractivity contribution in [3.63, 3.8) is 0 Å². The number of ether oxygens (including phenoxy) is 1. The van der Waals surface area contributed by atoms with Gasteiger partial charge in [-0.15, -0.1) is 0 Å². The molecular formula is C17H25NO2. The van der Waals surface area contributed by atoms with Crippen LogP contribution >= 0.6 is 0 Å². The normalized spacial score (nSPS) is 17.6. The van der Waals surface area contributed by atoms with E-state index >= 15 is 0 Å². The maximum Gasteiger partial charge on any atom is 0.307 e. The summed E-state index contributed by atoms with van der Waals surface area (Å²) in [5.41, 5.74) is 1.22. The zero-order chi connectivity index (χ0) is 14.2. The lowest BCUT2D eigenvalue weighted by atomic mass is 9.99. The molecule has 1 atom stereocenters. The lowest BCUT2D eigenvalue weighted by Gasteiger charge is -2.34. The van der Waals surface area contributed by atoms with Crippen LogP contribution in [0, 0.1) is 0 Å². The van der Waals surface area contributed by atoms with E-state index in [1.807, 2.05) is 25.1 Å². The Hall–Kier alpha value is -1.35. The van der Waals surface area contributed by atoms with Crippen LogP contribution in [0.2, 0.25) is 0 Å². The Morgan fingerprint density at radius 3 is 2.55 bits per heavy atom. The molecule has 0 spiro atoms. The fraction of sp³-hybridized carbons (Fsp3) is 0.588. The standard InChI is InChI=1S/C17H25NO2/c1-2-13-20-17(19)14-16(15-9-5-3-6-10-15)18-11-7-4-8-12-18/h3,5-6,9-10,16H,2,4,7-8,11-14H2,1H3. The second-order valence-corrected chi connectivity index (χ2v) is 5.45. The smallest absolute Gasteiger partial charge is 0.307 e. The largest absolute Gasteiger partial charge is 0.466 e. The number of benzene rings is 1. The first-order valence-corrected chi connectivity index (χ1v) is 7.76. The van der Waals surface area contributed by atoms with Crippen molar-refractivity contribution in [1.29, 1.82) is 0 Å². The number of piperidine rings is 1. The van der Waals surface area contributed by atoms with E-state index in [0.717, 1.165) is 19.5 Å². The fourth-order valence-electron chi connectivity index (χ4n) is 2.80. The average molecular weight is 275 g/mol. The van der Waals surface area contributed by atoms with Gasteiger partial charge in [-0.3, -0.25) is 9.69 Å². The number of rotatable bonds is 6. The Morgan fingerprint density at radius 2 is 1.90 bits per heavy atom. The molecule has 0 aliphatic carbocycles. The number of carbonyl (C=O) groups excluding carboxylic acids is 1. The van der Waals surface area contributed by atoms with Crippen LogP contribution in [-0.2, 0) is 9.53 Å². The third-order valence-corrected chi connectivity index (χ3v) is 3.84. The summed E-state index contributed by atoms with van der Waals surface area (Å²) in [5.74, 6) is -0.0775. The van der Waals surface area contributed by atoms with Gasteiger partial charge in [0.05, 0.1) is 13.0 Å². The van der Waals surface area contributed by atoms with Gasteiger partial charge in [-0.05, 0) is 37.9 Å². The Labute approximate surface area is 121 Å². The molecule has 1 heterocycles. The Morgan fingerprint density at radius 1 is 1.20 bits per heavy atom. The van der Waals surface area contributed by atoms with Crippen molar-refractivity contribution in [2.24, 2.45) is 0 Å². The van der Waals surface area contributed by atoms with E-state index in [0.29, 0.717) is 13.0 Å². The van der Waals surface area contributed by atoms with E-state index in [1.165, 1.54) is 24.8 Å². The summed E-state index contributed by atoms with van der Waals surface area (Å²) >= 11 is 0. The molecule has 1 saturated heterocycles. The molecule has 0 bridgehead atoms. The van der Waals surface area contributed by atoms with E-state index in [2.05, 4.69) is 17.0 Å². The summed E-state index contributed by atoms with van der Waals surface area (Å²) in [6, 6.07) is 10.5. The van der Waals surface area contributed by atoms with Gasteiger partial charge < -0.3 is 4.74 Å². The van der Waals surface area contributed by atoms with Gasteiger partial charge in [0.2, 0.25) is 0 Å². The monoisotopic (exact) mass is 275 g/mol. The number of carbonyl (C=O) groups is 1. The third kappa shape index (κ3) is 4.34. The van der Waals surface area contributed by atoms with Crippen molar-refractivity contribution >= 4 is 5.97 Å². The van der Waals surface area contributed by atoms with Crippen molar-refractivity contribution in [2.75, 3.05) is 19.7 Å². The highest BCUT2D eigenvalue weighted by Crippen LogP contribution is 2.27. The molecule has 3 heteroatoms. The van der Waals surface area contributed by atoms with Crippen LogP contribution in [0.5, 0.6) is 0 Å². The van der Waals surface area contributed by atoms with Gasteiger partial charge in [0.1, 0.15) is 0 Å². The molecule has 0 N–H and O–H groups in total. The first-order chi connectivity index (χ1) is 9.81. The zero-order valence-corrected chi connectivity index (χ0v) is 12.4. The lowest BCUT2D eigenvalue weighted by Crippen LogP contribution is -2.35. The van der Waals surface area contributed by atoms with Gasteiger partial charge >= 0.3 is 5.97 Å². The minimum absolute atomic E-state index is 0.0775. The minimum atomic E-state index is -0.0775. The van der Waals surface area contributed by atoms with E-state index in [-0.39, 0.29) is 12.0 Å². The second-order valence-electron chi connectivity index (χ2n) is 5.45. The van der Waals surface area contributed by atoms with Crippen molar-refractivity contribution in [2.45, 2.75) is 45.1 Å². The number of hydrogen-bond acceptors (Lipinski definition) is 3. The predicted octanol–water partition coefficient (Wildman–Crippen LogP) is 3.56. The molecule has 1 aromatic carbocycles. The summed E-state index contributed by atoms with van der Waals surface area (Å²) in [4.78, 5) is 14.4. The molecule has 1 fully saturated rings. The summed E-state index contributed by atoms with van der Waals surface area (Å²) in [6.45, 7) is 4.72. The molecule has 0 aromatic heterocycles. The van der Waals surface area contributed by atoms with Gasteiger partial charge in [-0.2, -0.15) is 0 Å². The molecule has 0 radical (unpaired) electrons. The molecule has 110 valence electrons. The number of esters is 1. The van der Waals surface area contributed by atoms with Gasteiger partial charge in [0.25, 0.3) is 0 Å². The topological polar surface area (TPSA) is 29.5 Å². The first-order valence-electron chi connectivity index (χ1n) is 7.76. The van der Waals surface area contributed by atoms with E-state index < -0.39 is 0 Å². The van der Waals surface area contributed by atoms with Gasteiger partial charge in [0, 0.05) is 6.04 Å². The molecule has 20 heavy (non-hydrogen) atoms. The fourth-order valence-corrected chi connectivity index (χ4v) is 2.80. The maximum atomic E-state index is 12.0. The predicted molar refractivity (Wildman–Crippen MR) is 80.5 cm³/mol. The zero-order valence-electron chi connectivity index (χ0n) is 12.4. The summed E-state index contributed by atoms with van der Waals surface area (Å²) < 4.78 is 5.27. The van der Waals surface area contributed by atoms with Crippen molar-refractivity contribution in [3.05, 3.63) is 35.9 Å². The molecule has 1 aromatic rings. The Bertz CT molecular complexity index is 399. The lowest BCUT2D eigenvalue weighted by molar-refractivity contribution is -0.145. The van der Waals surface area contributed by atoms with Crippen LogP contribution in [-0.4, -0.2) is 30.6 Å². The summed E-state index contributed by atoms with van der Waals surface area (Å²) in [5, 5.41) is 0. The molecule has 2 rings (SSSR count). The number of likely N-dealkylation sites (tertiary alicyclic amines) is 1. The average Bonchev–Trinajstić information content (AvgIpc) is 2.52. The quantitative estimate of drug-likeness (QED) is 0.743. The molecule has 1 unspecified atom stereocenters. The minimum Gasteiger partial charge on any atom is -0.466 e. The first kappa shape index (κ1) is 15.0. The van der Waals surface area contributed by atoms with Crippen LogP contribution in [0.4, 0.5) is 0 Å². The van der Waals surface area contributed by atoms with Crippen LogP contribution in [0.3, 0.4) is 0 Å². The highest BCUT2D eigenvalue weighted by molar-refractivity contribution is 5.70. The van der Waals surface area contributed by atoms with Crippen molar-refractivity contribution < 1.29 is 9.53 Å². The molecule has 3 nitrogen and oxygen atoms in total. The second kappa shape index (κ2) is 8.05. The van der Waals surface area contributed by atoms with Crippen molar-refractivity contribution in [1.82, 2.24) is 4.90 Å². The number of nitrogens with zero attached hydrogens (tertiary/aromatic N) is 1. The van der Waals surface area contributed by atoms with E-state index in [1.54, 1.807) is 0 Å². The molecular weight excluding hydrogens is 250 g/mol. The Kier molecular flexibility index (Phi) is 6.06. The molecule has 0 saturated carbocycles. The van der Waals surface area contributed by atoms with Gasteiger partial charge in [0.15, 0.2) is 0 Å². The van der Waals surface area contributed by atoms with Gasteiger partial charge in [-0.1, -0.05) is 43.7 Å². The van der Waals surface area contributed by atoms with Crippen molar-refractivity contribution in [3.8, 4) is 0 Å². The van der Waals surface area contributed by atoms with Crippen LogP contribution in [0.1, 0.15) is 50.6 Å². The number of hydrogen-bond donors (Lipinski definition) is 0. The summed E-state index contributed by atoms with van der Waals surface area (Å²) in [7, 11) is 0. The Balaban J connectivity index is 2.05. The van der Waals surface area contributed by atoms with Gasteiger partial charge in [-0.25, -0.2) is 0 Å². The maximum absolute atomic E-state index is 12.0. The molecule has 1 aliphatic heterocycles. The van der Waals surface area contributed by atoms with E-state index in [4.69, 9.17) is 4.74 Å². The molecule has 0 amide bonds. The van der Waals surface area contributed by atoms with Crippen LogP contribution < -0.4 is 0 Å². The highest BCUT2D eigenvalue weighted by atomic mass is 16.5. The summed E-state index contributed by atoms with van der Waals surface area (Å²) in [6.07, 6.45) is 5.11. The van der Waals surface area contributed by atoms with Crippen LogP contribution in [0.25, 0.3) is 0 Å². The van der Waals surface area contributed by atoms with E-state index in [9.17, 15) is 4.79 Å². The molecule has 1 aliphatic rings. The van der Waals surface area contributed by atoms with Crippen LogP contribution in [0.15, 0.2) is 30.3 Å². The third-order valence-electron chi connectivity index (χ3n) is 3.84. The highest BCUT2D eigenvalue weighted by Gasteiger charge is 2.25. The SMILES string of the molecule is CCCOC(=O)CC(c1ccccc1)N1CCCCC1.